The topological polar surface area (TPSA) is 63.6 Å². The van der Waals surface area contributed by atoms with Crippen LogP contribution in [-0.4, -0.2) is 17.0 Å². The van der Waals surface area contributed by atoms with E-state index >= 15 is 0 Å². The number of hydrogen-bond donors (Lipinski definition) is 1. The number of carboxylic acid groups (broad SMARTS) is 1. The van der Waals surface area contributed by atoms with Gasteiger partial charge in [0.25, 0.3) is 0 Å². The molecule has 0 spiro atoms. The maximum atomic E-state index is 10.7. The number of ether oxygens (including phenoxy) is 1. The number of allylic oxidation sites excluding steroid dienone is 2. The number of esters is 1. The Kier molecular flexibility index (Phi) is 5.34. The summed E-state index contributed by atoms with van der Waals surface area (Å²) >= 11 is 0. The highest BCUT2D eigenvalue weighted by atomic mass is 16.5. The second-order valence-electron chi connectivity index (χ2n) is 1.95. The Morgan fingerprint density at radius 2 is 2.08 bits per heavy atom. The van der Waals surface area contributed by atoms with Crippen LogP contribution in [0.5, 0.6) is 0 Å². The Morgan fingerprint density at radius 1 is 1.42 bits per heavy atom. The van der Waals surface area contributed by atoms with Gasteiger partial charge in [0.1, 0.15) is 0 Å². The van der Waals surface area contributed by atoms with Crippen LogP contribution in [0.1, 0.15) is 12.8 Å². The summed E-state index contributed by atoms with van der Waals surface area (Å²) < 4.78 is 4.48. The molecule has 0 aromatic carbocycles. The van der Waals surface area contributed by atoms with Crippen LogP contribution >= 0.6 is 0 Å². The average Bonchev–Trinajstić information content (AvgIpc) is 2.01. The van der Waals surface area contributed by atoms with E-state index in [1.807, 2.05) is 0 Å². The van der Waals surface area contributed by atoms with Crippen molar-refractivity contribution in [1.82, 2.24) is 0 Å². The SMILES string of the molecule is C=C/C=C/OC(=O)CCC(=O)O. The molecule has 0 saturated heterocycles. The molecule has 0 fully saturated rings. The van der Waals surface area contributed by atoms with Crippen molar-refractivity contribution in [3.8, 4) is 0 Å². The van der Waals surface area contributed by atoms with Crippen molar-refractivity contribution in [3.05, 3.63) is 25.0 Å². The molecule has 0 saturated carbocycles. The van der Waals surface area contributed by atoms with Gasteiger partial charge in [0.2, 0.25) is 0 Å². The van der Waals surface area contributed by atoms with Crippen LogP contribution in [0.4, 0.5) is 0 Å². The van der Waals surface area contributed by atoms with Gasteiger partial charge in [-0.15, -0.1) is 0 Å². The second kappa shape index (κ2) is 6.15. The molecular formula is C8H10O4. The first kappa shape index (κ1) is 10.4. The summed E-state index contributed by atoms with van der Waals surface area (Å²) in [6, 6.07) is 0. The van der Waals surface area contributed by atoms with Crippen LogP contribution in [-0.2, 0) is 14.3 Å². The number of carbonyl (C=O) groups excluding carboxylic acids is 1. The zero-order valence-corrected chi connectivity index (χ0v) is 6.53. The third-order valence-electron chi connectivity index (χ3n) is 0.957. The number of hydrogen-bond acceptors (Lipinski definition) is 3. The highest BCUT2D eigenvalue weighted by Crippen LogP contribution is 1.93. The summed E-state index contributed by atoms with van der Waals surface area (Å²) in [6.07, 6.45) is 3.73. The van der Waals surface area contributed by atoms with Crippen molar-refractivity contribution in [2.24, 2.45) is 0 Å². The first-order chi connectivity index (χ1) is 5.66. The zero-order chi connectivity index (χ0) is 9.40. The molecule has 0 bridgehead atoms. The van der Waals surface area contributed by atoms with Gasteiger partial charge in [-0.3, -0.25) is 9.59 Å². The van der Waals surface area contributed by atoms with Gasteiger partial charge in [-0.25, -0.2) is 0 Å². The van der Waals surface area contributed by atoms with Crippen LogP contribution in [0, 0.1) is 0 Å². The van der Waals surface area contributed by atoms with Crippen LogP contribution in [0.25, 0.3) is 0 Å². The van der Waals surface area contributed by atoms with E-state index in [1.165, 1.54) is 12.2 Å². The number of carbonyl (C=O) groups is 2. The van der Waals surface area contributed by atoms with Crippen molar-refractivity contribution in [2.75, 3.05) is 0 Å². The van der Waals surface area contributed by atoms with Crippen LogP contribution in [0.15, 0.2) is 25.0 Å². The largest absolute Gasteiger partial charge is 0.481 e. The minimum absolute atomic E-state index is 0.114. The molecule has 12 heavy (non-hydrogen) atoms. The lowest BCUT2D eigenvalue weighted by Crippen LogP contribution is -2.03. The molecule has 0 aromatic rings. The summed E-state index contributed by atoms with van der Waals surface area (Å²) in [5.41, 5.74) is 0. The third kappa shape index (κ3) is 6.54. The maximum Gasteiger partial charge on any atom is 0.311 e. The van der Waals surface area contributed by atoms with Crippen molar-refractivity contribution in [3.63, 3.8) is 0 Å². The molecule has 0 heterocycles. The van der Waals surface area contributed by atoms with Gasteiger partial charge in [0.05, 0.1) is 19.1 Å². The van der Waals surface area contributed by atoms with E-state index in [2.05, 4.69) is 11.3 Å². The van der Waals surface area contributed by atoms with E-state index in [1.54, 1.807) is 0 Å². The predicted molar refractivity (Wildman–Crippen MR) is 42.3 cm³/mol. The molecule has 0 aromatic heterocycles. The molecule has 0 amide bonds. The Morgan fingerprint density at radius 3 is 2.58 bits per heavy atom. The first-order valence-corrected chi connectivity index (χ1v) is 3.35. The molecule has 0 atom stereocenters. The molecule has 0 aliphatic heterocycles. The summed E-state index contributed by atoms with van der Waals surface area (Å²) in [5.74, 6) is -1.57. The lowest BCUT2D eigenvalue weighted by Gasteiger charge is -1.94. The Bertz CT molecular complexity index is 205. The normalized spacial score (nSPS) is 9.67. The lowest BCUT2D eigenvalue weighted by atomic mass is 10.3. The summed E-state index contributed by atoms with van der Waals surface area (Å²) in [7, 11) is 0. The number of rotatable bonds is 5. The Labute approximate surface area is 70.1 Å². The van der Waals surface area contributed by atoms with E-state index in [0.29, 0.717) is 0 Å². The minimum atomic E-state index is -1.01. The van der Waals surface area contributed by atoms with Gasteiger partial charge in [-0.05, 0) is 6.08 Å². The van der Waals surface area contributed by atoms with E-state index in [4.69, 9.17) is 5.11 Å². The van der Waals surface area contributed by atoms with Crippen LogP contribution in [0.2, 0.25) is 0 Å². The molecule has 0 aliphatic carbocycles. The smallest absolute Gasteiger partial charge is 0.311 e. The monoisotopic (exact) mass is 170 g/mol. The fourth-order valence-electron chi connectivity index (χ4n) is 0.439. The lowest BCUT2D eigenvalue weighted by molar-refractivity contribution is -0.144. The molecule has 0 aliphatic rings. The van der Waals surface area contributed by atoms with Crippen molar-refractivity contribution in [2.45, 2.75) is 12.8 Å². The van der Waals surface area contributed by atoms with Crippen molar-refractivity contribution < 1.29 is 19.4 Å². The highest BCUT2D eigenvalue weighted by molar-refractivity contribution is 5.76. The fraction of sp³-hybridized carbons (Fsp3) is 0.250. The van der Waals surface area contributed by atoms with Crippen molar-refractivity contribution >= 4 is 11.9 Å². The molecule has 4 nitrogen and oxygen atoms in total. The fourth-order valence-corrected chi connectivity index (χ4v) is 0.439. The molecule has 4 heteroatoms. The van der Waals surface area contributed by atoms with E-state index in [0.717, 1.165) is 6.26 Å². The van der Waals surface area contributed by atoms with Gasteiger partial charge in [-0.1, -0.05) is 12.7 Å². The second-order valence-corrected chi connectivity index (χ2v) is 1.95. The van der Waals surface area contributed by atoms with Gasteiger partial charge < -0.3 is 9.84 Å². The number of carboxylic acids is 1. The van der Waals surface area contributed by atoms with Crippen LogP contribution in [0.3, 0.4) is 0 Å². The van der Waals surface area contributed by atoms with Gasteiger partial charge in [-0.2, -0.15) is 0 Å². The Hall–Kier alpha value is -1.58. The average molecular weight is 170 g/mol. The van der Waals surface area contributed by atoms with E-state index in [-0.39, 0.29) is 12.8 Å². The first-order valence-electron chi connectivity index (χ1n) is 3.35. The third-order valence-corrected chi connectivity index (χ3v) is 0.957. The Balaban J connectivity index is 3.53. The quantitative estimate of drug-likeness (QED) is 0.381. The van der Waals surface area contributed by atoms with E-state index < -0.39 is 11.9 Å². The van der Waals surface area contributed by atoms with Gasteiger partial charge >= 0.3 is 11.9 Å². The summed E-state index contributed by atoms with van der Waals surface area (Å²) in [5, 5.41) is 8.19. The number of aliphatic carboxylic acids is 1. The minimum Gasteiger partial charge on any atom is -0.481 e. The van der Waals surface area contributed by atoms with Gasteiger partial charge in [0, 0.05) is 0 Å². The van der Waals surface area contributed by atoms with Crippen molar-refractivity contribution in [1.29, 1.82) is 0 Å². The highest BCUT2D eigenvalue weighted by Gasteiger charge is 2.04. The van der Waals surface area contributed by atoms with Gasteiger partial charge in [0.15, 0.2) is 0 Å². The molecular weight excluding hydrogens is 160 g/mol. The molecule has 66 valence electrons. The summed E-state index contributed by atoms with van der Waals surface area (Å²) in [4.78, 5) is 20.6. The molecule has 0 rings (SSSR count). The van der Waals surface area contributed by atoms with E-state index in [9.17, 15) is 9.59 Å². The molecule has 0 radical (unpaired) electrons. The zero-order valence-electron chi connectivity index (χ0n) is 6.53. The van der Waals surface area contributed by atoms with Crippen LogP contribution < -0.4 is 0 Å². The molecule has 1 N–H and O–H groups in total. The predicted octanol–water partition coefficient (Wildman–Crippen LogP) is 1.09. The maximum absolute atomic E-state index is 10.7. The summed E-state index contributed by atoms with van der Waals surface area (Å²) in [6.45, 7) is 3.36. The molecule has 0 unspecified atom stereocenters. The standard InChI is InChI=1S/C8H10O4/c1-2-3-6-12-8(11)5-4-7(9)10/h2-3,6H,1,4-5H2,(H,9,10)/b6-3+.